The van der Waals surface area contributed by atoms with Gasteiger partial charge < -0.3 is 4.90 Å². The second kappa shape index (κ2) is 9.24. The van der Waals surface area contributed by atoms with Crippen LogP contribution >= 0.6 is 0 Å². The third kappa shape index (κ3) is 5.67. The zero-order valence-electron chi connectivity index (χ0n) is 21.8. The van der Waals surface area contributed by atoms with E-state index in [0.717, 1.165) is 12.1 Å². The van der Waals surface area contributed by atoms with Gasteiger partial charge in [0.15, 0.2) is 0 Å². The number of rotatable bonds is 2. The molecule has 4 saturated heterocycles. The van der Waals surface area contributed by atoms with Gasteiger partial charge in [0.2, 0.25) is 0 Å². The maximum atomic E-state index is 2.94. The fourth-order valence-electron chi connectivity index (χ4n) is 7.14. The van der Waals surface area contributed by atoms with Crippen molar-refractivity contribution >= 4 is 0 Å². The number of likely N-dealkylation sites (tertiary alicyclic amines) is 4. The van der Waals surface area contributed by atoms with Crippen LogP contribution in [0.3, 0.4) is 0 Å². The molecule has 4 nitrogen and oxygen atoms in total. The molecule has 0 aliphatic carbocycles. The van der Waals surface area contributed by atoms with Crippen LogP contribution in [0.15, 0.2) is 0 Å². The van der Waals surface area contributed by atoms with Crippen LogP contribution in [-0.4, -0.2) is 95.1 Å². The molecule has 0 unspecified atom stereocenters. The molecular weight excluding hydrogens is 380 g/mol. The topological polar surface area (TPSA) is 13.0 Å². The smallest absolute Gasteiger partial charge is 0.0125 e. The molecule has 1 spiro atoms. The molecule has 4 aliphatic heterocycles. The highest BCUT2D eigenvalue weighted by molar-refractivity contribution is 4.96. The quantitative estimate of drug-likeness (QED) is 0.627. The normalized spacial score (nSPS) is 29.6. The van der Waals surface area contributed by atoms with Crippen molar-refractivity contribution in [1.29, 1.82) is 0 Å². The number of nitrogens with zero attached hydrogens (tertiary/aromatic N) is 4. The summed E-state index contributed by atoms with van der Waals surface area (Å²) in [6.07, 6.45) is 11.3. The van der Waals surface area contributed by atoms with Crippen LogP contribution in [0.4, 0.5) is 0 Å². The Kier molecular flexibility index (Phi) is 7.14. The summed E-state index contributed by atoms with van der Waals surface area (Å²) in [6, 6.07) is 1.69. The Hall–Kier alpha value is -0.160. The van der Waals surface area contributed by atoms with Gasteiger partial charge in [-0.2, -0.15) is 0 Å². The first-order valence-electron chi connectivity index (χ1n) is 13.5. The number of piperidine rings is 4. The summed E-state index contributed by atoms with van der Waals surface area (Å²) in [4.78, 5) is 11.2. The molecule has 4 rings (SSSR count). The maximum Gasteiger partial charge on any atom is 0.0125 e. The Balaban J connectivity index is 1.24. The van der Waals surface area contributed by atoms with Gasteiger partial charge in [-0.25, -0.2) is 0 Å². The Labute approximate surface area is 193 Å². The number of hydrogen-bond donors (Lipinski definition) is 0. The molecule has 4 fully saturated rings. The molecule has 0 amide bonds. The lowest BCUT2D eigenvalue weighted by atomic mass is 9.71. The van der Waals surface area contributed by atoms with Gasteiger partial charge in [0.05, 0.1) is 0 Å². The molecular formula is C27H52N4. The van der Waals surface area contributed by atoms with E-state index in [2.05, 4.69) is 61.1 Å². The second-order valence-corrected chi connectivity index (χ2v) is 13.4. The molecule has 0 aromatic heterocycles. The van der Waals surface area contributed by atoms with Gasteiger partial charge in [-0.05, 0) is 131 Å². The maximum absolute atomic E-state index is 2.94. The molecule has 4 heterocycles. The zero-order chi connectivity index (χ0) is 22.3. The monoisotopic (exact) mass is 432 g/mol. The summed E-state index contributed by atoms with van der Waals surface area (Å²) < 4.78 is 0. The zero-order valence-corrected chi connectivity index (χ0v) is 21.8. The van der Waals surface area contributed by atoms with Crippen molar-refractivity contribution in [3.8, 4) is 0 Å². The van der Waals surface area contributed by atoms with Gasteiger partial charge in [0.1, 0.15) is 0 Å². The van der Waals surface area contributed by atoms with E-state index >= 15 is 0 Å². The molecule has 4 heteroatoms. The van der Waals surface area contributed by atoms with Crippen LogP contribution in [-0.2, 0) is 0 Å². The van der Waals surface area contributed by atoms with Gasteiger partial charge in [0, 0.05) is 42.8 Å². The first-order chi connectivity index (χ1) is 14.6. The Bertz CT molecular complexity index is 565. The van der Waals surface area contributed by atoms with Crippen LogP contribution in [0.5, 0.6) is 0 Å². The predicted molar refractivity (Wildman–Crippen MR) is 133 cm³/mol. The van der Waals surface area contributed by atoms with Gasteiger partial charge >= 0.3 is 0 Å². The summed E-state index contributed by atoms with van der Waals surface area (Å²) in [5.41, 5.74) is 1.30. The predicted octanol–water partition coefficient (Wildman–Crippen LogP) is 4.69. The van der Waals surface area contributed by atoms with E-state index in [1.165, 1.54) is 104 Å². The van der Waals surface area contributed by atoms with Crippen molar-refractivity contribution in [3.63, 3.8) is 0 Å². The van der Waals surface area contributed by atoms with Crippen molar-refractivity contribution in [2.75, 3.05) is 52.4 Å². The van der Waals surface area contributed by atoms with Crippen LogP contribution in [0.25, 0.3) is 0 Å². The molecule has 0 atom stereocenters. The van der Waals surface area contributed by atoms with Crippen LogP contribution in [0.2, 0.25) is 0 Å². The van der Waals surface area contributed by atoms with Gasteiger partial charge in [-0.3, -0.25) is 14.7 Å². The Morgan fingerprint density at radius 2 is 1.03 bits per heavy atom. The van der Waals surface area contributed by atoms with Crippen molar-refractivity contribution in [1.82, 2.24) is 19.6 Å². The van der Waals surface area contributed by atoms with Crippen LogP contribution in [0, 0.1) is 5.41 Å². The molecule has 0 aromatic rings. The molecule has 4 aliphatic rings. The molecule has 180 valence electrons. The average molecular weight is 433 g/mol. The fraction of sp³-hybridized carbons (Fsp3) is 1.00. The van der Waals surface area contributed by atoms with Crippen molar-refractivity contribution in [2.24, 2.45) is 5.41 Å². The van der Waals surface area contributed by atoms with E-state index in [1.807, 2.05) is 0 Å². The van der Waals surface area contributed by atoms with Gasteiger partial charge in [-0.15, -0.1) is 0 Å². The lowest BCUT2D eigenvalue weighted by molar-refractivity contribution is -0.0305. The van der Waals surface area contributed by atoms with E-state index in [9.17, 15) is 0 Å². The minimum absolute atomic E-state index is 0.339. The number of hydrogen-bond acceptors (Lipinski definition) is 4. The molecule has 0 N–H and O–H groups in total. The summed E-state index contributed by atoms with van der Waals surface area (Å²) in [7, 11) is 0. The third-order valence-electron chi connectivity index (χ3n) is 9.41. The standard InChI is InChI=1S/C27H52N4/c1-25(2,3)30-18-10-23(11-19-30)28-16-8-24(9-17-28)29-15-7-12-27(22-29)13-20-31(21-14-27)26(4,5)6/h23-24H,7-22H2,1-6H3. The summed E-state index contributed by atoms with van der Waals surface area (Å²) in [5, 5.41) is 0. The van der Waals surface area contributed by atoms with E-state index in [0.29, 0.717) is 16.5 Å². The first-order valence-corrected chi connectivity index (χ1v) is 13.5. The minimum atomic E-state index is 0.339. The fourth-order valence-corrected chi connectivity index (χ4v) is 7.14. The highest BCUT2D eigenvalue weighted by atomic mass is 15.3. The van der Waals surface area contributed by atoms with Crippen LogP contribution in [0.1, 0.15) is 92.9 Å². The first kappa shape index (κ1) is 24.0. The molecule has 0 aromatic carbocycles. The Morgan fingerprint density at radius 1 is 0.548 bits per heavy atom. The SMILES string of the molecule is CC(C)(C)N1CCC(N2CCC(N3CCCC4(CCN(C(C)(C)C)CC4)C3)CC2)CC1. The van der Waals surface area contributed by atoms with Crippen molar-refractivity contribution in [3.05, 3.63) is 0 Å². The Morgan fingerprint density at radius 3 is 1.58 bits per heavy atom. The lowest BCUT2D eigenvalue weighted by Crippen LogP contribution is -2.57. The van der Waals surface area contributed by atoms with Gasteiger partial charge in [0.25, 0.3) is 0 Å². The van der Waals surface area contributed by atoms with E-state index in [1.54, 1.807) is 0 Å². The van der Waals surface area contributed by atoms with Gasteiger partial charge in [-0.1, -0.05) is 0 Å². The van der Waals surface area contributed by atoms with Crippen molar-refractivity contribution < 1.29 is 0 Å². The molecule has 0 bridgehead atoms. The summed E-state index contributed by atoms with van der Waals surface area (Å²) in [6.45, 7) is 24.9. The highest BCUT2D eigenvalue weighted by Crippen LogP contribution is 2.42. The molecule has 0 saturated carbocycles. The molecule has 31 heavy (non-hydrogen) atoms. The minimum Gasteiger partial charge on any atom is -0.300 e. The van der Waals surface area contributed by atoms with E-state index in [-0.39, 0.29) is 0 Å². The summed E-state index contributed by atoms with van der Waals surface area (Å²) in [5.74, 6) is 0. The summed E-state index contributed by atoms with van der Waals surface area (Å²) >= 11 is 0. The van der Waals surface area contributed by atoms with E-state index in [4.69, 9.17) is 0 Å². The van der Waals surface area contributed by atoms with Crippen LogP contribution < -0.4 is 0 Å². The van der Waals surface area contributed by atoms with Crippen molar-refractivity contribution in [2.45, 2.75) is 116 Å². The molecule has 0 radical (unpaired) electrons. The lowest BCUT2D eigenvalue weighted by Gasteiger charge is -2.53. The highest BCUT2D eigenvalue weighted by Gasteiger charge is 2.42. The largest absolute Gasteiger partial charge is 0.300 e. The van der Waals surface area contributed by atoms with E-state index < -0.39 is 0 Å². The third-order valence-corrected chi connectivity index (χ3v) is 9.41. The average Bonchev–Trinajstić information content (AvgIpc) is 2.73. The second-order valence-electron chi connectivity index (χ2n) is 13.4.